The second kappa shape index (κ2) is 6.32. The summed E-state index contributed by atoms with van der Waals surface area (Å²) in [4.78, 5) is 23.7. The van der Waals surface area contributed by atoms with Crippen LogP contribution in [0, 0.1) is 0 Å². The highest BCUT2D eigenvalue weighted by molar-refractivity contribution is 5.99. The number of carbonyl (C=O) groups excluding carboxylic acids is 1. The van der Waals surface area contributed by atoms with Crippen LogP contribution in [-0.2, 0) is 13.0 Å². The van der Waals surface area contributed by atoms with Gasteiger partial charge in [0.05, 0.1) is 16.7 Å². The molecule has 0 saturated heterocycles. The van der Waals surface area contributed by atoms with Crippen LogP contribution in [0.15, 0.2) is 67.1 Å². The number of benzene rings is 1. The van der Waals surface area contributed by atoms with E-state index in [1.807, 2.05) is 64.3 Å². The van der Waals surface area contributed by atoms with Gasteiger partial charge in [0.1, 0.15) is 0 Å². The maximum Gasteiger partial charge on any atom is 0.254 e. The minimum Gasteiger partial charge on any atom is -0.334 e. The van der Waals surface area contributed by atoms with Crippen molar-refractivity contribution in [2.45, 2.75) is 13.0 Å². The summed E-state index contributed by atoms with van der Waals surface area (Å²) in [6.07, 6.45) is 6.12. The van der Waals surface area contributed by atoms with Crippen molar-refractivity contribution in [2.75, 3.05) is 6.54 Å². The van der Waals surface area contributed by atoms with Gasteiger partial charge in [-0.15, -0.1) is 0 Å². The molecule has 1 amide bonds. The Morgan fingerprint density at radius 1 is 0.963 bits per heavy atom. The van der Waals surface area contributed by atoms with E-state index in [9.17, 15) is 4.79 Å². The van der Waals surface area contributed by atoms with E-state index in [1.165, 1.54) is 0 Å². The summed E-state index contributed by atoms with van der Waals surface area (Å²) in [5.74, 6) is 0.0708. The molecule has 4 aromatic rings. The Kier molecular flexibility index (Phi) is 3.67. The second-order valence-electron chi connectivity index (χ2n) is 6.57. The van der Waals surface area contributed by atoms with Gasteiger partial charge in [0.25, 0.3) is 5.91 Å². The Labute approximate surface area is 156 Å². The maximum absolute atomic E-state index is 12.8. The van der Waals surface area contributed by atoms with Crippen molar-refractivity contribution in [3.8, 4) is 5.69 Å². The zero-order chi connectivity index (χ0) is 18.2. The lowest BCUT2D eigenvalue weighted by Gasteiger charge is -2.15. The largest absolute Gasteiger partial charge is 0.334 e. The first-order chi connectivity index (χ1) is 13.3. The van der Waals surface area contributed by atoms with Crippen LogP contribution in [0.5, 0.6) is 0 Å². The van der Waals surface area contributed by atoms with Gasteiger partial charge >= 0.3 is 0 Å². The zero-order valence-corrected chi connectivity index (χ0v) is 14.6. The number of hydrogen-bond donors (Lipinski definition) is 0. The molecule has 4 heterocycles. The van der Waals surface area contributed by atoms with E-state index in [2.05, 4.69) is 15.1 Å². The van der Waals surface area contributed by atoms with Crippen LogP contribution in [0.2, 0.25) is 0 Å². The van der Waals surface area contributed by atoms with E-state index in [0.29, 0.717) is 19.5 Å². The smallest absolute Gasteiger partial charge is 0.254 e. The third-order valence-corrected chi connectivity index (χ3v) is 4.92. The molecule has 0 N–H and O–H groups in total. The highest BCUT2D eigenvalue weighted by atomic mass is 16.2. The van der Waals surface area contributed by atoms with Gasteiger partial charge in [-0.1, -0.05) is 6.07 Å². The molecular weight excluding hydrogens is 338 g/mol. The fourth-order valence-electron chi connectivity index (χ4n) is 3.57. The normalized spacial score (nSPS) is 13.3. The lowest BCUT2D eigenvalue weighted by molar-refractivity contribution is 0.0780. The number of rotatable bonds is 4. The summed E-state index contributed by atoms with van der Waals surface area (Å²) in [5, 5.41) is 4.31. The number of nitrogens with zero attached hydrogens (tertiary/aromatic N) is 5. The van der Waals surface area contributed by atoms with Crippen molar-refractivity contribution in [3.63, 3.8) is 0 Å². The minimum absolute atomic E-state index is 0.0708. The summed E-state index contributed by atoms with van der Waals surface area (Å²) in [6.45, 7) is 1.23. The highest BCUT2D eigenvalue weighted by Gasteiger charge is 2.29. The molecule has 0 aliphatic carbocycles. The van der Waals surface area contributed by atoms with Crippen LogP contribution < -0.4 is 0 Å². The molecule has 0 unspecified atom stereocenters. The molecule has 1 aliphatic heterocycles. The fourth-order valence-corrected chi connectivity index (χ4v) is 3.57. The molecule has 0 spiro atoms. The highest BCUT2D eigenvalue weighted by Crippen LogP contribution is 2.28. The molecule has 0 saturated carbocycles. The lowest BCUT2D eigenvalue weighted by Crippen LogP contribution is -2.26. The van der Waals surface area contributed by atoms with Crippen LogP contribution >= 0.6 is 0 Å². The average molecular weight is 355 g/mol. The molecule has 6 nitrogen and oxygen atoms in total. The maximum atomic E-state index is 12.8. The Bertz CT molecular complexity index is 1140. The van der Waals surface area contributed by atoms with E-state index in [0.717, 1.165) is 33.5 Å². The van der Waals surface area contributed by atoms with E-state index in [-0.39, 0.29) is 5.91 Å². The molecule has 3 aromatic heterocycles. The van der Waals surface area contributed by atoms with Crippen LogP contribution in [0.1, 0.15) is 21.6 Å². The van der Waals surface area contributed by atoms with Gasteiger partial charge in [-0.05, 0) is 42.5 Å². The fraction of sp³-hybridized carbons (Fsp3) is 0.143. The monoisotopic (exact) mass is 355 g/mol. The third kappa shape index (κ3) is 2.75. The van der Waals surface area contributed by atoms with Crippen molar-refractivity contribution in [2.24, 2.45) is 0 Å². The molecule has 6 heteroatoms. The molecule has 0 fully saturated rings. The van der Waals surface area contributed by atoms with E-state index < -0.39 is 0 Å². The van der Waals surface area contributed by atoms with E-state index in [4.69, 9.17) is 0 Å². The van der Waals surface area contributed by atoms with Gasteiger partial charge in [0.2, 0.25) is 0 Å². The third-order valence-electron chi connectivity index (χ3n) is 4.92. The number of aromatic nitrogens is 4. The predicted octanol–water partition coefficient (Wildman–Crippen LogP) is 3.01. The Hall–Kier alpha value is -3.54. The molecular formula is C21H17N5O. The van der Waals surface area contributed by atoms with Crippen molar-refractivity contribution < 1.29 is 4.79 Å². The molecule has 1 aliphatic rings. The first kappa shape index (κ1) is 15.7. The van der Waals surface area contributed by atoms with Gasteiger partial charge < -0.3 is 4.90 Å². The van der Waals surface area contributed by atoms with Crippen LogP contribution in [0.4, 0.5) is 0 Å². The average Bonchev–Trinajstić information content (AvgIpc) is 3.35. The Morgan fingerprint density at radius 3 is 2.81 bits per heavy atom. The lowest BCUT2D eigenvalue weighted by atomic mass is 10.1. The second-order valence-corrected chi connectivity index (χ2v) is 6.57. The molecule has 0 atom stereocenters. The van der Waals surface area contributed by atoms with Crippen molar-refractivity contribution >= 4 is 16.9 Å². The molecule has 132 valence electrons. The quantitative estimate of drug-likeness (QED) is 0.564. The van der Waals surface area contributed by atoms with Crippen LogP contribution in [0.3, 0.4) is 0 Å². The van der Waals surface area contributed by atoms with E-state index in [1.54, 1.807) is 12.4 Å². The molecule has 1 aromatic carbocycles. The van der Waals surface area contributed by atoms with Crippen molar-refractivity contribution in [3.05, 3.63) is 83.9 Å². The van der Waals surface area contributed by atoms with Crippen molar-refractivity contribution in [1.82, 2.24) is 24.6 Å². The standard InChI is InChI=1S/C21H17N5O/c27-21-16-4-1-6-20(26-12-3-11-23-26)17(16)14-25(21)13-9-15-7-8-18-19(24-15)5-2-10-22-18/h1-8,10-12H,9,13-14H2. The van der Waals surface area contributed by atoms with Crippen LogP contribution in [0.25, 0.3) is 16.7 Å². The molecule has 0 radical (unpaired) electrons. The van der Waals surface area contributed by atoms with E-state index >= 15 is 0 Å². The molecule has 5 rings (SSSR count). The summed E-state index contributed by atoms with van der Waals surface area (Å²) in [5.41, 5.74) is 5.48. The summed E-state index contributed by atoms with van der Waals surface area (Å²) in [7, 11) is 0. The zero-order valence-electron chi connectivity index (χ0n) is 14.6. The first-order valence-corrected chi connectivity index (χ1v) is 8.91. The SMILES string of the molecule is O=C1c2cccc(-n3cccn3)c2CN1CCc1ccc2ncccc2n1. The molecule has 0 bridgehead atoms. The number of amides is 1. The number of fused-ring (bicyclic) bond motifs is 2. The Balaban J connectivity index is 1.37. The van der Waals surface area contributed by atoms with Gasteiger partial charge in [0.15, 0.2) is 0 Å². The van der Waals surface area contributed by atoms with Gasteiger partial charge in [-0.25, -0.2) is 4.68 Å². The van der Waals surface area contributed by atoms with Gasteiger partial charge in [0, 0.05) is 54.9 Å². The van der Waals surface area contributed by atoms with Crippen molar-refractivity contribution in [1.29, 1.82) is 0 Å². The molecule has 27 heavy (non-hydrogen) atoms. The summed E-state index contributed by atoms with van der Waals surface area (Å²) < 4.78 is 1.81. The number of pyridine rings is 2. The summed E-state index contributed by atoms with van der Waals surface area (Å²) in [6, 6.07) is 15.5. The topological polar surface area (TPSA) is 63.9 Å². The van der Waals surface area contributed by atoms with Gasteiger partial charge in [-0.2, -0.15) is 5.10 Å². The minimum atomic E-state index is 0.0708. The van der Waals surface area contributed by atoms with Gasteiger partial charge in [-0.3, -0.25) is 14.8 Å². The summed E-state index contributed by atoms with van der Waals surface area (Å²) >= 11 is 0. The number of carbonyl (C=O) groups is 1. The number of hydrogen-bond acceptors (Lipinski definition) is 4. The first-order valence-electron chi connectivity index (χ1n) is 8.91. The Morgan fingerprint density at radius 2 is 1.93 bits per heavy atom. The predicted molar refractivity (Wildman–Crippen MR) is 102 cm³/mol. The van der Waals surface area contributed by atoms with Crippen LogP contribution in [-0.4, -0.2) is 37.1 Å².